The van der Waals surface area contributed by atoms with Crippen LogP contribution in [0.3, 0.4) is 0 Å². The summed E-state index contributed by atoms with van der Waals surface area (Å²) >= 11 is 0. The Balaban J connectivity index is 2.12. The number of imidazole rings is 1. The fraction of sp³-hybridized carbons (Fsp3) is 0.692. The molecule has 6 nitrogen and oxygen atoms in total. The van der Waals surface area contributed by atoms with E-state index in [1.165, 1.54) is 5.69 Å². The molecule has 2 heterocycles. The van der Waals surface area contributed by atoms with E-state index in [2.05, 4.69) is 45.4 Å². The number of hydrogen-bond donors (Lipinski definition) is 1. The number of hydrogen-bond acceptors (Lipinski definition) is 5. The molecule has 0 bridgehead atoms. The van der Waals surface area contributed by atoms with Gasteiger partial charge in [-0.05, 0) is 20.5 Å². The van der Waals surface area contributed by atoms with Crippen LogP contribution in [-0.2, 0) is 6.54 Å². The van der Waals surface area contributed by atoms with E-state index in [1.54, 1.807) is 0 Å². The fourth-order valence-electron chi connectivity index (χ4n) is 2.40. The van der Waals surface area contributed by atoms with Gasteiger partial charge in [-0.1, -0.05) is 6.92 Å². The second-order valence-electron chi connectivity index (χ2n) is 5.22. The molecule has 1 aliphatic heterocycles. The zero-order valence-corrected chi connectivity index (χ0v) is 12.1. The third-order valence-corrected chi connectivity index (χ3v) is 3.44. The molecule has 0 radical (unpaired) electrons. The number of likely N-dealkylation sites (N-methyl/N-ethyl adjacent to an activating group) is 1. The highest BCUT2D eigenvalue weighted by atomic mass is 15.3. The normalized spacial score (nSPS) is 19.3. The Morgan fingerprint density at radius 3 is 2.89 bits per heavy atom. The summed E-state index contributed by atoms with van der Waals surface area (Å²) in [5.74, 6) is 0.649. The summed E-state index contributed by atoms with van der Waals surface area (Å²) in [5.41, 5.74) is 7.23. The van der Waals surface area contributed by atoms with Gasteiger partial charge in [0.1, 0.15) is 0 Å². The predicted octanol–water partition coefficient (Wildman–Crippen LogP) is 0.526. The summed E-state index contributed by atoms with van der Waals surface area (Å²) in [7, 11) is 4.14. The summed E-state index contributed by atoms with van der Waals surface area (Å²) in [6.45, 7) is 5.76. The third-order valence-electron chi connectivity index (χ3n) is 3.44. The number of aromatic nitrogens is 2. The molecule has 0 aromatic carbocycles. The lowest BCUT2D eigenvalue weighted by Crippen LogP contribution is -2.40. The van der Waals surface area contributed by atoms with Crippen molar-refractivity contribution in [1.82, 2.24) is 19.4 Å². The van der Waals surface area contributed by atoms with E-state index in [9.17, 15) is 0 Å². The summed E-state index contributed by atoms with van der Waals surface area (Å²) in [4.78, 5) is 13.0. The van der Waals surface area contributed by atoms with Gasteiger partial charge < -0.3 is 20.1 Å². The number of nitrogens with two attached hydrogens (primary N) is 1. The molecule has 19 heavy (non-hydrogen) atoms. The number of rotatable bonds is 6. The zero-order chi connectivity index (χ0) is 13.8. The first kappa shape index (κ1) is 13.9. The number of aliphatic imine (C=N–C) groups is 1. The molecule has 1 atom stereocenters. The van der Waals surface area contributed by atoms with Crippen LogP contribution in [0.4, 0.5) is 0 Å². The van der Waals surface area contributed by atoms with Gasteiger partial charge in [-0.3, -0.25) is 4.99 Å². The molecule has 0 saturated carbocycles. The molecule has 0 spiro atoms. The Morgan fingerprint density at radius 1 is 1.42 bits per heavy atom. The minimum absolute atomic E-state index is 0.231. The molecule has 0 fully saturated rings. The molecular weight excluding hydrogens is 240 g/mol. The van der Waals surface area contributed by atoms with E-state index in [-0.39, 0.29) is 6.04 Å². The maximum absolute atomic E-state index is 6.01. The number of nitrogens with zero attached hydrogens (tertiary/aromatic N) is 5. The Labute approximate surface area is 114 Å². The van der Waals surface area contributed by atoms with Crippen LogP contribution in [0.25, 0.3) is 0 Å². The first-order valence-electron chi connectivity index (χ1n) is 6.84. The lowest BCUT2D eigenvalue weighted by molar-refractivity contribution is 0.285. The molecule has 0 aliphatic carbocycles. The fourth-order valence-corrected chi connectivity index (χ4v) is 2.40. The van der Waals surface area contributed by atoms with Crippen LogP contribution in [-0.4, -0.2) is 59.0 Å². The summed E-state index contributed by atoms with van der Waals surface area (Å²) in [6.07, 6.45) is 4.94. The van der Waals surface area contributed by atoms with Crippen molar-refractivity contribution in [2.24, 2.45) is 10.7 Å². The van der Waals surface area contributed by atoms with Crippen molar-refractivity contribution in [1.29, 1.82) is 0 Å². The van der Waals surface area contributed by atoms with E-state index >= 15 is 0 Å². The van der Waals surface area contributed by atoms with Crippen molar-refractivity contribution in [2.45, 2.75) is 25.9 Å². The van der Waals surface area contributed by atoms with Crippen LogP contribution in [0.5, 0.6) is 0 Å². The highest BCUT2D eigenvalue weighted by Gasteiger charge is 2.29. The zero-order valence-electron chi connectivity index (χ0n) is 12.1. The molecule has 1 aromatic heterocycles. The topological polar surface area (TPSA) is 62.7 Å². The van der Waals surface area contributed by atoms with Crippen LogP contribution in [0.2, 0.25) is 0 Å². The van der Waals surface area contributed by atoms with Gasteiger partial charge in [0.05, 0.1) is 30.8 Å². The minimum Gasteiger partial charge on any atom is -0.370 e. The molecule has 1 aliphatic rings. The Hall–Kier alpha value is -1.56. The monoisotopic (exact) mass is 264 g/mol. The van der Waals surface area contributed by atoms with Crippen LogP contribution >= 0.6 is 0 Å². The Morgan fingerprint density at radius 2 is 2.21 bits per heavy atom. The summed E-state index contributed by atoms with van der Waals surface area (Å²) in [6, 6.07) is 0.231. The van der Waals surface area contributed by atoms with E-state index in [0.717, 1.165) is 32.6 Å². The van der Waals surface area contributed by atoms with Crippen LogP contribution in [0.15, 0.2) is 17.5 Å². The maximum atomic E-state index is 6.01. The Kier molecular flexibility index (Phi) is 4.42. The van der Waals surface area contributed by atoms with E-state index in [1.807, 2.05) is 12.5 Å². The molecule has 106 valence electrons. The van der Waals surface area contributed by atoms with Gasteiger partial charge in [0.25, 0.3) is 0 Å². The van der Waals surface area contributed by atoms with Gasteiger partial charge in [0.2, 0.25) is 0 Å². The maximum Gasteiger partial charge on any atom is 0.192 e. The quantitative estimate of drug-likeness (QED) is 0.814. The number of aryl methyl sites for hydroxylation is 1. The molecule has 2 N–H and O–H groups in total. The standard InChI is InChI=1S/C13H24N6/c1-4-5-18-10-15-8-11(18)12-9-16-13(14)19(12)7-6-17(2)3/h8,10,12H,4-7,9H2,1-3H3,(H2,14,16). The van der Waals surface area contributed by atoms with Crippen molar-refractivity contribution >= 4 is 5.96 Å². The molecule has 0 amide bonds. The summed E-state index contributed by atoms with van der Waals surface area (Å²) < 4.78 is 2.21. The molecular formula is C13H24N6. The molecule has 1 unspecified atom stereocenters. The number of guanidine groups is 1. The average Bonchev–Trinajstić information content (AvgIpc) is 2.94. The molecule has 0 saturated heterocycles. The largest absolute Gasteiger partial charge is 0.370 e. The van der Waals surface area contributed by atoms with Crippen LogP contribution < -0.4 is 5.73 Å². The third kappa shape index (κ3) is 3.07. The van der Waals surface area contributed by atoms with Crippen molar-refractivity contribution in [2.75, 3.05) is 33.7 Å². The second-order valence-corrected chi connectivity index (χ2v) is 5.22. The van der Waals surface area contributed by atoms with Gasteiger partial charge in [0.15, 0.2) is 5.96 Å². The average molecular weight is 264 g/mol. The van der Waals surface area contributed by atoms with Gasteiger partial charge in [-0.15, -0.1) is 0 Å². The summed E-state index contributed by atoms with van der Waals surface area (Å²) in [5, 5.41) is 0. The van der Waals surface area contributed by atoms with Crippen molar-refractivity contribution < 1.29 is 0 Å². The van der Waals surface area contributed by atoms with Crippen molar-refractivity contribution in [3.05, 3.63) is 18.2 Å². The smallest absolute Gasteiger partial charge is 0.192 e. The lowest BCUT2D eigenvalue weighted by Gasteiger charge is -2.28. The second kappa shape index (κ2) is 6.06. The lowest BCUT2D eigenvalue weighted by atomic mass is 10.2. The van der Waals surface area contributed by atoms with Gasteiger partial charge in [-0.25, -0.2) is 4.98 Å². The SMILES string of the molecule is CCCn1cncc1C1CN=C(N)N1CCN(C)C. The molecule has 6 heteroatoms. The van der Waals surface area contributed by atoms with Gasteiger partial charge in [0, 0.05) is 19.6 Å². The first-order valence-corrected chi connectivity index (χ1v) is 6.84. The minimum atomic E-state index is 0.231. The highest BCUT2D eigenvalue weighted by Crippen LogP contribution is 2.25. The molecule has 2 rings (SSSR count). The van der Waals surface area contributed by atoms with E-state index < -0.39 is 0 Å². The van der Waals surface area contributed by atoms with Crippen LogP contribution in [0.1, 0.15) is 25.1 Å². The predicted molar refractivity (Wildman–Crippen MR) is 77.0 cm³/mol. The van der Waals surface area contributed by atoms with E-state index in [4.69, 9.17) is 5.73 Å². The Bertz CT molecular complexity index is 436. The van der Waals surface area contributed by atoms with Gasteiger partial charge >= 0.3 is 0 Å². The van der Waals surface area contributed by atoms with E-state index in [0.29, 0.717) is 5.96 Å². The van der Waals surface area contributed by atoms with Crippen LogP contribution in [0, 0.1) is 0 Å². The van der Waals surface area contributed by atoms with Crippen molar-refractivity contribution in [3.63, 3.8) is 0 Å². The van der Waals surface area contributed by atoms with Crippen molar-refractivity contribution in [3.8, 4) is 0 Å². The molecule has 1 aromatic rings. The first-order chi connectivity index (χ1) is 9.13. The highest BCUT2D eigenvalue weighted by molar-refractivity contribution is 5.80. The van der Waals surface area contributed by atoms with Gasteiger partial charge in [-0.2, -0.15) is 0 Å².